The van der Waals surface area contributed by atoms with E-state index in [0.717, 1.165) is 58.7 Å². The van der Waals surface area contributed by atoms with Crippen LogP contribution in [0, 0.1) is 6.92 Å². The van der Waals surface area contributed by atoms with E-state index >= 15 is 0 Å². The Bertz CT molecular complexity index is 1720. The highest BCUT2D eigenvalue weighted by Crippen LogP contribution is 2.25. The van der Waals surface area contributed by atoms with E-state index in [-0.39, 0.29) is 6.61 Å². The first-order chi connectivity index (χ1) is 20.6. The zero-order valence-electron chi connectivity index (χ0n) is 23.7. The van der Waals surface area contributed by atoms with Gasteiger partial charge in [-0.25, -0.2) is 9.97 Å². The molecule has 4 heterocycles. The molecular weight excluding hydrogens is 528 g/mol. The molecule has 0 aliphatic rings. The number of aromatic nitrogens is 6. The molecule has 0 bridgehead atoms. The Labute approximate surface area is 244 Å². The Morgan fingerprint density at radius 2 is 1.55 bits per heavy atom. The van der Waals surface area contributed by atoms with Gasteiger partial charge in [0, 0.05) is 42.4 Å². The van der Waals surface area contributed by atoms with Crippen molar-refractivity contribution < 1.29 is 13.6 Å². The molecule has 2 aromatic carbocycles. The fraction of sp³-hybridized carbons (Fsp3) is 0.242. The average molecular weight is 561 g/mol. The summed E-state index contributed by atoms with van der Waals surface area (Å²) in [5.41, 5.74) is 5.85. The molecule has 0 N–H and O–H groups in total. The van der Waals surface area contributed by atoms with E-state index in [1.807, 2.05) is 78.5 Å². The Morgan fingerprint density at radius 3 is 2.26 bits per heavy atom. The number of hydrogen-bond donors (Lipinski definition) is 0. The molecule has 0 aliphatic carbocycles. The van der Waals surface area contributed by atoms with E-state index in [4.69, 9.17) is 18.7 Å². The van der Waals surface area contributed by atoms with Crippen LogP contribution in [-0.2, 0) is 32.4 Å². The number of ether oxygens (including phenoxy) is 1. The van der Waals surface area contributed by atoms with E-state index in [1.54, 1.807) is 0 Å². The fourth-order valence-electron chi connectivity index (χ4n) is 4.70. The maximum absolute atomic E-state index is 5.92. The lowest BCUT2D eigenvalue weighted by molar-refractivity contribution is 0.287. The summed E-state index contributed by atoms with van der Waals surface area (Å²) in [6.07, 6.45) is 7.09. The molecule has 0 spiro atoms. The number of aryl methyl sites for hydroxylation is 4. The van der Waals surface area contributed by atoms with Gasteiger partial charge in [-0.05, 0) is 43.0 Å². The molecule has 0 aliphatic heterocycles. The van der Waals surface area contributed by atoms with Crippen LogP contribution in [-0.4, -0.2) is 29.9 Å². The van der Waals surface area contributed by atoms with Crippen LogP contribution in [0.2, 0.25) is 0 Å². The maximum atomic E-state index is 5.92. The zero-order valence-corrected chi connectivity index (χ0v) is 23.7. The van der Waals surface area contributed by atoms with Gasteiger partial charge < -0.3 is 13.6 Å². The third-order valence-corrected chi connectivity index (χ3v) is 6.88. The molecule has 0 saturated carbocycles. The second-order valence-electron chi connectivity index (χ2n) is 10.1. The van der Waals surface area contributed by atoms with Crippen LogP contribution in [0.25, 0.3) is 22.7 Å². The Hall–Kier alpha value is -5.05. The second-order valence-corrected chi connectivity index (χ2v) is 10.1. The van der Waals surface area contributed by atoms with Crippen molar-refractivity contribution in [2.45, 2.75) is 52.7 Å². The molecule has 0 radical (unpaired) electrons. The van der Waals surface area contributed by atoms with Crippen molar-refractivity contribution in [1.82, 2.24) is 29.9 Å². The van der Waals surface area contributed by atoms with Crippen LogP contribution in [0.1, 0.15) is 47.7 Å². The van der Waals surface area contributed by atoms with Gasteiger partial charge in [0.15, 0.2) is 0 Å². The molecule has 0 fully saturated rings. The Balaban J connectivity index is 1.12. The van der Waals surface area contributed by atoms with Crippen molar-refractivity contribution >= 4 is 0 Å². The molecule has 4 aromatic heterocycles. The number of pyridine rings is 1. The molecule has 0 atom stereocenters. The predicted octanol–water partition coefficient (Wildman–Crippen LogP) is 6.66. The first kappa shape index (κ1) is 27.1. The number of benzene rings is 2. The Morgan fingerprint density at radius 1 is 0.810 bits per heavy atom. The lowest BCUT2D eigenvalue weighted by Crippen LogP contribution is -2.03. The topological polar surface area (TPSA) is 105 Å². The van der Waals surface area contributed by atoms with E-state index in [9.17, 15) is 0 Å². The monoisotopic (exact) mass is 560 g/mol. The summed E-state index contributed by atoms with van der Waals surface area (Å²) in [4.78, 5) is 9.12. The number of nitrogens with zero attached hydrogens (tertiary/aromatic N) is 6. The molecule has 0 amide bonds. The smallest absolute Gasteiger partial charge is 0.226 e. The highest BCUT2D eigenvalue weighted by Gasteiger charge is 2.15. The third kappa shape index (κ3) is 6.46. The van der Waals surface area contributed by atoms with E-state index in [0.29, 0.717) is 36.5 Å². The Kier molecular flexibility index (Phi) is 8.16. The summed E-state index contributed by atoms with van der Waals surface area (Å²) in [6, 6.07) is 23.9. The van der Waals surface area contributed by atoms with Gasteiger partial charge >= 0.3 is 0 Å². The molecule has 6 rings (SSSR count). The van der Waals surface area contributed by atoms with Crippen molar-refractivity contribution in [3.63, 3.8) is 0 Å². The largest absolute Gasteiger partial charge is 0.471 e. The molecule has 9 heteroatoms. The second kappa shape index (κ2) is 12.6. The standard InChI is InChI=1S/C33H32N6O3/c1-3-10-30-36-37-31(42-30)18-16-27-21-39(38-32(27)25-11-6-4-7-12-25)20-24-15-17-29(34-19-24)40-22-28-23(2)41-33(35-28)26-13-8-5-9-14-26/h4-9,11-15,17,19,21H,3,10,16,18,20,22H2,1-2H3. The summed E-state index contributed by atoms with van der Waals surface area (Å²) in [6.45, 7) is 4.85. The van der Waals surface area contributed by atoms with Gasteiger partial charge in [0.25, 0.3) is 0 Å². The summed E-state index contributed by atoms with van der Waals surface area (Å²) in [7, 11) is 0. The van der Waals surface area contributed by atoms with Gasteiger partial charge in [0.1, 0.15) is 18.1 Å². The molecule has 6 aromatic rings. The molecule has 0 unspecified atom stereocenters. The maximum Gasteiger partial charge on any atom is 0.226 e. The predicted molar refractivity (Wildman–Crippen MR) is 158 cm³/mol. The summed E-state index contributed by atoms with van der Waals surface area (Å²) in [5, 5.41) is 13.3. The summed E-state index contributed by atoms with van der Waals surface area (Å²) < 4.78 is 19.5. The van der Waals surface area contributed by atoms with E-state index in [2.05, 4.69) is 45.4 Å². The normalized spacial score (nSPS) is 11.2. The van der Waals surface area contributed by atoms with Crippen molar-refractivity contribution in [2.75, 3.05) is 0 Å². The quantitative estimate of drug-likeness (QED) is 0.164. The SMILES string of the molecule is CCCc1nnc(CCc2cn(Cc3ccc(OCc4nc(-c5ccccc5)oc4C)nc3)nc2-c2ccccc2)o1. The molecule has 0 saturated heterocycles. The highest BCUT2D eigenvalue weighted by molar-refractivity contribution is 5.62. The molecule has 42 heavy (non-hydrogen) atoms. The van der Waals surface area contributed by atoms with Crippen LogP contribution in [0.15, 0.2) is 94.0 Å². The lowest BCUT2D eigenvalue weighted by atomic mass is 10.0. The van der Waals surface area contributed by atoms with Gasteiger partial charge in [0.05, 0.1) is 12.2 Å². The van der Waals surface area contributed by atoms with Gasteiger partial charge in [-0.1, -0.05) is 61.5 Å². The first-order valence-electron chi connectivity index (χ1n) is 14.2. The zero-order chi connectivity index (χ0) is 28.7. The van der Waals surface area contributed by atoms with Crippen molar-refractivity contribution in [1.29, 1.82) is 0 Å². The van der Waals surface area contributed by atoms with Gasteiger partial charge in [-0.3, -0.25) is 4.68 Å². The van der Waals surface area contributed by atoms with Crippen LogP contribution in [0.3, 0.4) is 0 Å². The summed E-state index contributed by atoms with van der Waals surface area (Å²) >= 11 is 0. The number of hydrogen-bond acceptors (Lipinski definition) is 8. The van der Waals surface area contributed by atoms with Crippen LogP contribution < -0.4 is 4.74 Å². The third-order valence-electron chi connectivity index (χ3n) is 6.88. The van der Waals surface area contributed by atoms with E-state index < -0.39 is 0 Å². The summed E-state index contributed by atoms with van der Waals surface area (Å²) in [5.74, 6) is 3.19. The van der Waals surface area contributed by atoms with Crippen molar-refractivity contribution in [3.05, 3.63) is 120 Å². The highest BCUT2D eigenvalue weighted by atomic mass is 16.5. The average Bonchev–Trinajstić information content (AvgIpc) is 3.75. The minimum absolute atomic E-state index is 0.275. The van der Waals surface area contributed by atoms with Gasteiger partial charge in [-0.2, -0.15) is 5.10 Å². The van der Waals surface area contributed by atoms with Gasteiger partial charge in [-0.15, -0.1) is 10.2 Å². The van der Waals surface area contributed by atoms with Crippen molar-refractivity contribution in [3.8, 4) is 28.6 Å². The van der Waals surface area contributed by atoms with Crippen LogP contribution in [0.5, 0.6) is 5.88 Å². The van der Waals surface area contributed by atoms with Crippen LogP contribution >= 0.6 is 0 Å². The minimum atomic E-state index is 0.275. The van der Waals surface area contributed by atoms with Crippen LogP contribution in [0.4, 0.5) is 0 Å². The van der Waals surface area contributed by atoms with Gasteiger partial charge in [0.2, 0.25) is 23.6 Å². The number of rotatable bonds is 12. The van der Waals surface area contributed by atoms with E-state index in [1.165, 1.54) is 0 Å². The number of oxazole rings is 1. The first-order valence-corrected chi connectivity index (χ1v) is 14.2. The lowest BCUT2D eigenvalue weighted by Gasteiger charge is -2.05. The molecule has 9 nitrogen and oxygen atoms in total. The molecular formula is C33H32N6O3. The van der Waals surface area contributed by atoms with Crippen molar-refractivity contribution in [2.24, 2.45) is 0 Å². The fourth-order valence-corrected chi connectivity index (χ4v) is 4.70. The minimum Gasteiger partial charge on any atom is -0.471 e. The molecule has 212 valence electrons.